The van der Waals surface area contributed by atoms with Crippen LogP contribution in [0.3, 0.4) is 0 Å². The van der Waals surface area contributed by atoms with Crippen molar-refractivity contribution in [3.8, 4) is 11.1 Å². The van der Waals surface area contributed by atoms with Crippen LogP contribution in [0.5, 0.6) is 0 Å². The molecule has 3 nitrogen and oxygen atoms in total. The molecule has 0 saturated heterocycles. The average molecular weight is 262 g/mol. The lowest BCUT2D eigenvalue weighted by molar-refractivity contribution is 0.0601. The third-order valence-corrected chi connectivity index (χ3v) is 2.88. The molecule has 0 saturated carbocycles. The molecule has 0 aromatic heterocycles. The van der Waals surface area contributed by atoms with Gasteiger partial charge in [-0.3, -0.25) is 0 Å². The van der Waals surface area contributed by atoms with E-state index >= 15 is 0 Å². The number of hydrogen-bond donors (Lipinski definition) is 1. The number of ether oxygens (including phenoxy) is 1. The molecule has 0 spiro atoms. The second-order valence-electron chi connectivity index (χ2n) is 3.80. The molecule has 0 heterocycles. The van der Waals surface area contributed by atoms with Crippen LogP contribution in [-0.2, 0) is 4.74 Å². The van der Waals surface area contributed by atoms with Gasteiger partial charge in [-0.1, -0.05) is 29.8 Å². The van der Waals surface area contributed by atoms with Gasteiger partial charge in [-0.05, 0) is 29.8 Å². The first kappa shape index (κ1) is 12.5. The van der Waals surface area contributed by atoms with Crippen molar-refractivity contribution >= 4 is 23.3 Å². The van der Waals surface area contributed by atoms with Crippen molar-refractivity contribution < 1.29 is 9.53 Å². The van der Waals surface area contributed by atoms with Gasteiger partial charge in [-0.2, -0.15) is 0 Å². The molecule has 0 aliphatic rings. The third-order valence-electron chi connectivity index (χ3n) is 2.63. The SMILES string of the molecule is COC(=O)c1ccc(-c2ccc(Cl)cc2)c(N)c1. The summed E-state index contributed by atoms with van der Waals surface area (Å²) in [5, 5.41) is 0.670. The van der Waals surface area contributed by atoms with Gasteiger partial charge >= 0.3 is 5.97 Å². The number of carbonyl (C=O) groups is 1. The first-order valence-electron chi connectivity index (χ1n) is 5.35. The summed E-state index contributed by atoms with van der Waals surface area (Å²) in [7, 11) is 1.34. The van der Waals surface area contributed by atoms with Gasteiger partial charge in [0.05, 0.1) is 12.7 Å². The zero-order chi connectivity index (χ0) is 13.1. The Hall–Kier alpha value is -2.00. The van der Waals surface area contributed by atoms with Gasteiger partial charge < -0.3 is 10.5 Å². The number of nitrogens with two attached hydrogens (primary N) is 1. The number of rotatable bonds is 2. The van der Waals surface area contributed by atoms with Crippen LogP contribution < -0.4 is 5.73 Å². The number of nitrogen functional groups attached to an aromatic ring is 1. The Kier molecular flexibility index (Phi) is 3.53. The molecular weight excluding hydrogens is 250 g/mol. The normalized spacial score (nSPS) is 10.1. The number of carbonyl (C=O) groups excluding carboxylic acids is 1. The van der Waals surface area contributed by atoms with E-state index in [-0.39, 0.29) is 0 Å². The van der Waals surface area contributed by atoms with E-state index in [1.165, 1.54) is 7.11 Å². The van der Waals surface area contributed by atoms with Crippen molar-refractivity contribution in [3.05, 3.63) is 53.1 Å². The van der Waals surface area contributed by atoms with Crippen LogP contribution in [0, 0.1) is 0 Å². The van der Waals surface area contributed by atoms with Gasteiger partial charge in [-0.15, -0.1) is 0 Å². The Balaban J connectivity index is 2.41. The topological polar surface area (TPSA) is 52.3 Å². The summed E-state index contributed by atoms with van der Waals surface area (Å²) in [6.45, 7) is 0. The van der Waals surface area contributed by atoms with Gasteiger partial charge in [0, 0.05) is 16.3 Å². The molecule has 0 aliphatic carbocycles. The number of anilines is 1. The van der Waals surface area contributed by atoms with Crippen LogP contribution >= 0.6 is 11.6 Å². The molecule has 0 atom stereocenters. The lowest BCUT2D eigenvalue weighted by Gasteiger charge is -2.08. The molecule has 2 N–H and O–H groups in total. The molecular formula is C14H12ClNO2. The highest BCUT2D eigenvalue weighted by Gasteiger charge is 2.09. The van der Waals surface area contributed by atoms with Crippen molar-refractivity contribution in [2.75, 3.05) is 12.8 Å². The number of hydrogen-bond acceptors (Lipinski definition) is 3. The summed E-state index contributed by atoms with van der Waals surface area (Å²) in [5.41, 5.74) is 8.72. The Bertz CT molecular complexity index is 579. The van der Waals surface area contributed by atoms with E-state index in [1.54, 1.807) is 30.3 Å². The summed E-state index contributed by atoms with van der Waals surface area (Å²) in [6.07, 6.45) is 0. The minimum atomic E-state index is -0.399. The summed E-state index contributed by atoms with van der Waals surface area (Å²) in [5.74, 6) is -0.399. The van der Waals surface area contributed by atoms with Gasteiger partial charge in [0.1, 0.15) is 0 Å². The first-order valence-corrected chi connectivity index (χ1v) is 5.73. The zero-order valence-corrected chi connectivity index (χ0v) is 10.6. The van der Waals surface area contributed by atoms with Gasteiger partial charge in [0.15, 0.2) is 0 Å². The molecule has 4 heteroatoms. The molecule has 0 aliphatic heterocycles. The van der Waals surface area contributed by atoms with Crippen LogP contribution in [0.4, 0.5) is 5.69 Å². The molecule has 2 aromatic carbocycles. The highest BCUT2D eigenvalue weighted by Crippen LogP contribution is 2.28. The number of halogens is 1. The fraction of sp³-hybridized carbons (Fsp3) is 0.0714. The summed E-state index contributed by atoms with van der Waals surface area (Å²) >= 11 is 5.83. The van der Waals surface area contributed by atoms with Crippen LogP contribution in [-0.4, -0.2) is 13.1 Å². The Morgan fingerprint density at radius 3 is 2.39 bits per heavy atom. The molecule has 18 heavy (non-hydrogen) atoms. The second kappa shape index (κ2) is 5.10. The van der Waals surface area contributed by atoms with Crippen LogP contribution in [0.25, 0.3) is 11.1 Å². The minimum absolute atomic E-state index is 0.399. The fourth-order valence-electron chi connectivity index (χ4n) is 1.70. The zero-order valence-electron chi connectivity index (χ0n) is 9.81. The molecule has 0 radical (unpaired) electrons. The molecule has 0 unspecified atom stereocenters. The standard InChI is InChI=1S/C14H12ClNO2/c1-18-14(17)10-4-7-12(13(16)8-10)9-2-5-11(15)6-3-9/h2-8H,16H2,1H3. The average Bonchev–Trinajstić information content (AvgIpc) is 2.39. The molecule has 0 amide bonds. The van der Waals surface area contributed by atoms with Crippen molar-refractivity contribution in [3.63, 3.8) is 0 Å². The molecule has 0 bridgehead atoms. The quantitative estimate of drug-likeness (QED) is 0.666. The lowest BCUT2D eigenvalue weighted by atomic mass is 10.0. The predicted octanol–water partition coefficient (Wildman–Crippen LogP) is 3.38. The van der Waals surface area contributed by atoms with Gasteiger partial charge in [-0.25, -0.2) is 4.79 Å². The van der Waals surface area contributed by atoms with Crippen LogP contribution in [0.2, 0.25) is 5.02 Å². The summed E-state index contributed by atoms with van der Waals surface area (Å²) in [4.78, 5) is 11.4. The van der Waals surface area contributed by atoms with E-state index in [0.717, 1.165) is 11.1 Å². The number of benzene rings is 2. The van der Waals surface area contributed by atoms with Crippen molar-refractivity contribution in [1.82, 2.24) is 0 Å². The van der Waals surface area contributed by atoms with Crippen LogP contribution in [0.1, 0.15) is 10.4 Å². The predicted molar refractivity (Wildman–Crippen MR) is 72.6 cm³/mol. The summed E-state index contributed by atoms with van der Waals surface area (Å²) < 4.78 is 4.64. The Morgan fingerprint density at radius 1 is 1.17 bits per heavy atom. The van der Waals surface area contributed by atoms with Gasteiger partial charge in [0.2, 0.25) is 0 Å². The number of methoxy groups -OCH3 is 1. The van der Waals surface area contributed by atoms with E-state index < -0.39 is 5.97 Å². The van der Waals surface area contributed by atoms with Gasteiger partial charge in [0.25, 0.3) is 0 Å². The summed E-state index contributed by atoms with van der Waals surface area (Å²) in [6, 6.07) is 12.4. The van der Waals surface area contributed by atoms with Crippen molar-refractivity contribution in [2.45, 2.75) is 0 Å². The fourth-order valence-corrected chi connectivity index (χ4v) is 1.83. The van der Waals surface area contributed by atoms with E-state index in [1.807, 2.05) is 12.1 Å². The minimum Gasteiger partial charge on any atom is -0.465 e. The Labute approximate surface area is 110 Å². The van der Waals surface area contributed by atoms with Crippen molar-refractivity contribution in [2.24, 2.45) is 0 Å². The second-order valence-corrected chi connectivity index (χ2v) is 4.24. The smallest absolute Gasteiger partial charge is 0.337 e. The van der Waals surface area contributed by atoms with E-state index in [2.05, 4.69) is 4.74 Å². The maximum atomic E-state index is 11.4. The molecule has 2 rings (SSSR count). The van der Waals surface area contributed by atoms with Crippen molar-refractivity contribution in [1.29, 1.82) is 0 Å². The van der Waals surface area contributed by atoms with Crippen LogP contribution in [0.15, 0.2) is 42.5 Å². The van der Waals surface area contributed by atoms with E-state index in [9.17, 15) is 4.79 Å². The maximum Gasteiger partial charge on any atom is 0.337 e. The molecule has 2 aromatic rings. The largest absolute Gasteiger partial charge is 0.465 e. The Morgan fingerprint density at radius 2 is 1.83 bits per heavy atom. The lowest BCUT2D eigenvalue weighted by Crippen LogP contribution is -2.02. The molecule has 0 fully saturated rings. The maximum absolute atomic E-state index is 11.4. The highest BCUT2D eigenvalue weighted by molar-refractivity contribution is 6.30. The first-order chi connectivity index (χ1) is 8.61. The van der Waals surface area contributed by atoms with E-state index in [0.29, 0.717) is 16.3 Å². The monoisotopic (exact) mass is 261 g/mol. The third kappa shape index (κ3) is 2.46. The number of esters is 1. The molecule has 92 valence electrons. The highest BCUT2D eigenvalue weighted by atomic mass is 35.5. The van der Waals surface area contributed by atoms with E-state index in [4.69, 9.17) is 17.3 Å².